The molecule has 3 atom stereocenters. The first kappa shape index (κ1) is 14.8. The molecular formula is C16H30N2O. The molecule has 2 fully saturated rings. The first-order valence-corrected chi connectivity index (χ1v) is 8.09. The van der Waals surface area contributed by atoms with Crippen LogP contribution in [0, 0.1) is 17.3 Å². The molecular weight excluding hydrogens is 236 g/mol. The largest absolute Gasteiger partial charge is 0.355 e. The van der Waals surface area contributed by atoms with Gasteiger partial charge in [-0.05, 0) is 49.9 Å². The van der Waals surface area contributed by atoms with Crippen LogP contribution in [0.15, 0.2) is 0 Å². The summed E-state index contributed by atoms with van der Waals surface area (Å²) in [5, 5.41) is 3.25. The van der Waals surface area contributed by atoms with Gasteiger partial charge in [0, 0.05) is 18.5 Å². The molecule has 0 bridgehead atoms. The van der Waals surface area contributed by atoms with Crippen molar-refractivity contribution in [1.29, 1.82) is 0 Å². The van der Waals surface area contributed by atoms with Gasteiger partial charge in [-0.25, -0.2) is 0 Å². The summed E-state index contributed by atoms with van der Waals surface area (Å²) in [7, 11) is 0. The van der Waals surface area contributed by atoms with E-state index < -0.39 is 0 Å². The summed E-state index contributed by atoms with van der Waals surface area (Å²) in [6.07, 6.45) is 9.39. The Balaban J connectivity index is 1.84. The number of hydrogen-bond donors (Lipinski definition) is 2. The van der Waals surface area contributed by atoms with Crippen molar-refractivity contribution >= 4 is 5.91 Å². The van der Waals surface area contributed by atoms with Gasteiger partial charge in [-0.3, -0.25) is 4.79 Å². The molecule has 3 nitrogen and oxygen atoms in total. The highest BCUT2D eigenvalue weighted by Crippen LogP contribution is 2.40. The summed E-state index contributed by atoms with van der Waals surface area (Å²) in [5.74, 6) is 0.902. The van der Waals surface area contributed by atoms with Crippen LogP contribution in [0.25, 0.3) is 0 Å². The standard InChI is InChI=1S/C16H30N2O/c1-3-16(8-4-5-9-16)11-18-15(19)14-7-6-13(17)10-12(14)2/h12-14H,3-11,17H2,1-2H3,(H,18,19). The fourth-order valence-corrected chi connectivity index (χ4v) is 4.01. The number of rotatable bonds is 4. The molecule has 0 aromatic rings. The highest BCUT2D eigenvalue weighted by molar-refractivity contribution is 5.79. The van der Waals surface area contributed by atoms with E-state index in [1.54, 1.807) is 0 Å². The monoisotopic (exact) mass is 266 g/mol. The Morgan fingerprint density at radius 1 is 1.32 bits per heavy atom. The first-order valence-electron chi connectivity index (χ1n) is 8.09. The molecule has 3 N–H and O–H groups in total. The first-order chi connectivity index (χ1) is 9.06. The van der Waals surface area contributed by atoms with Gasteiger partial charge in [-0.15, -0.1) is 0 Å². The highest BCUT2D eigenvalue weighted by Gasteiger charge is 2.35. The summed E-state index contributed by atoms with van der Waals surface area (Å²) in [6.45, 7) is 5.33. The Morgan fingerprint density at radius 2 is 2.00 bits per heavy atom. The van der Waals surface area contributed by atoms with E-state index in [0.717, 1.165) is 25.8 Å². The van der Waals surface area contributed by atoms with E-state index in [1.165, 1.54) is 32.1 Å². The molecule has 0 spiro atoms. The summed E-state index contributed by atoms with van der Waals surface area (Å²) in [4.78, 5) is 12.4. The molecule has 3 heteroatoms. The van der Waals surface area contributed by atoms with Gasteiger partial charge in [-0.2, -0.15) is 0 Å². The van der Waals surface area contributed by atoms with Gasteiger partial charge in [0.2, 0.25) is 5.91 Å². The zero-order chi connectivity index (χ0) is 13.9. The predicted molar refractivity (Wildman–Crippen MR) is 78.7 cm³/mol. The van der Waals surface area contributed by atoms with Gasteiger partial charge in [0.15, 0.2) is 0 Å². The Morgan fingerprint density at radius 3 is 2.58 bits per heavy atom. The quantitative estimate of drug-likeness (QED) is 0.822. The zero-order valence-corrected chi connectivity index (χ0v) is 12.6. The number of hydrogen-bond acceptors (Lipinski definition) is 2. The number of carbonyl (C=O) groups excluding carboxylic acids is 1. The average molecular weight is 266 g/mol. The minimum absolute atomic E-state index is 0.190. The molecule has 0 radical (unpaired) electrons. The van der Waals surface area contributed by atoms with Crippen LogP contribution in [0.2, 0.25) is 0 Å². The second-order valence-electron chi connectivity index (χ2n) is 6.94. The SMILES string of the molecule is CCC1(CNC(=O)C2CCC(N)CC2C)CCCC1. The fraction of sp³-hybridized carbons (Fsp3) is 0.938. The normalized spacial score (nSPS) is 34.2. The van der Waals surface area contributed by atoms with Crippen LogP contribution < -0.4 is 11.1 Å². The molecule has 2 rings (SSSR count). The Hall–Kier alpha value is -0.570. The summed E-state index contributed by atoms with van der Waals surface area (Å²) < 4.78 is 0. The smallest absolute Gasteiger partial charge is 0.223 e. The van der Waals surface area contributed by atoms with E-state index >= 15 is 0 Å². The van der Waals surface area contributed by atoms with Crippen LogP contribution in [-0.2, 0) is 4.79 Å². The number of carbonyl (C=O) groups is 1. The number of amides is 1. The van der Waals surface area contributed by atoms with Crippen LogP contribution in [-0.4, -0.2) is 18.5 Å². The molecule has 3 unspecified atom stereocenters. The molecule has 0 aromatic carbocycles. The third kappa shape index (κ3) is 3.50. The zero-order valence-electron chi connectivity index (χ0n) is 12.6. The summed E-state index contributed by atoms with van der Waals surface area (Å²) in [5.41, 5.74) is 6.36. The molecule has 2 aliphatic rings. The van der Waals surface area contributed by atoms with E-state index in [1.807, 2.05) is 0 Å². The maximum Gasteiger partial charge on any atom is 0.223 e. The van der Waals surface area contributed by atoms with Crippen LogP contribution in [0.1, 0.15) is 65.2 Å². The van der Waals surface area contributed by atoms with Crippen molar-refractivity contribution in [2.24, 2.45) is 23.0 Å². The van der Waals surface area contributed by atoms with Gasteiger partial charge in [0.25, 0.3) is 0 Å². The molecule has 0 saturated heterocycles. The number of nitrogens with one attached hydrogen (secondary N) is 1. The lowest BCUT2D eigenvalue weighted by Crippen LogP contribution is -2.43. The Kier molecular flexibility index (Phi) is 4.88. The van der Waals surface area contributed by atoms with Crippen molar-refractivity contribution in [3.8, 4) is 0 Å². The second-order valence-corrected chi connectivity index (χ2v) is 6.94. The summed E-state index contributed by atoms with van der Waals surface area (Å²) in [6, 6.07) is 0.302. The summed E-state index contributed by atoms with van der Waals surface area (Å²) >= 11 is 0. The average Bonchev–Trinajstić information content (AvgIpc) is 2.85. The van der Waals surface area contributed by atoms with Gasteiger partial charge in [-0.1, -0.05) is 26.7 Å². The highest BCUT2D eigenvalue weighted by atomic mass is 16.1. The van der Waals surface area contributed by atoms with Crippen LogP contribution in [0.5, 0.6) is 0 Å². The molecule has 0 heterocycles. The topological polar surface area (TPSA) is 55.1 Å². The van der Waals surface area contributed by atoms with Crippen LogP contribution >= 0.6 is 0 Å². The van der Waals surface area contributed by atoms with Crippen molar-refractivity contribution in [1.82, 2.24) is 5.32 Å². The van der Waals surface area contributed by atoms with Gasteiger partial charge >= 0.3 is 0 Å². The number of nitrogens with two attached hydrogens (primary N) is 1. The van der Waals surface area contributed by atoms with Crippen molar-refractivity contribution in [2.45, 2.75) is 71.3 Å². The predicted octanol–water partition coefficient (Wildman–Crippen LogP) is 2.84. The van der Waals surface area contributed by atoms with E-state index in [0.29, 0.717) is 17.4 Å². The fourth-order valence-electron chi connectivity index (χ4n) is 4.01. The maximum atomic E-state index is 12.4. The van der Waals surface area contributed by atoms with Crippen molar-refractivity contribution in [3.63, 3.8) is 0 Å². The van der Waals surface area contributed by atoms with Crippen molar-refractivity contribution < 1.29 is 4.79 Å². The molecule has 0 aliphatic heterocycles. The molecule has 19 heavy (non-hydrogen) atoms. The van der Waals surface area contributed by atoms with Crippen molar-refractivity contribution in [3.05, 3.63) is 0 Å². The lowest BCUT2D eigenvalue weighted by atomic mass is 9.77. The molecule has 1 amide bonds. The van der Waals surface area contributed by atoms with Crippen molar-refractivity contribution in [2.75, 3.05) is 6.54 Å². The lowest BCUT2D eigenvalue weighted by Gasteiger charge is -2.33. The van der Waals surface area contributed by atoms with Gasteiger partial charge in [0.05, 0.1) is 0 Å². The Bertz CT molecular complexity index is 310. The van der Waals surface area contributed by atoms with E-state index in [2.05, 4.69) is 19.2 Å². The minimum Gasteiger partial charge on any atom is -0.355 e. The third-order valence-electron chi connectivity index (χ3n) is 5.60. The van der Waals surface area contributed by atoms with E-state index in [9.17, 15) is 4.79 Å². The molecule has 2 aliphatic carbocycles. The third-order valence-corrected chi connectivity index (χ3v) is 5.60. The van der Waals surface area contributed by atoms with Gasteiger partial charge in [0.1, 0.15) is 0 Å². The molecule has 2 saturated carbocycles. The van der Waals surface area contributed by atoms with Crippen LogP contribution in [0.4, 0.5) is 0 Å². The van der Waals surface area contributed by atoms with Gasteiger partial charge < -0.3 is 11.1 Å². The minimum atomic E-state index is 0.190. The maximum absolute atomic E-state index is 12.4. The Labute approximate surface area is 117 Å². The lowest BCUT2D eigenvalue weighted by molar-refractivity contribution is -0.128. The molecule has 0 aromatic heterocycles. The van der Waals surface area contributed by atoms with Crippen LogP contribution in [0.3, 0.4) is 0 Å². The van der Waals surface area contributed by atoms with E-state index in [4.69, 9.17) is 5.73 Å². The molecule has 110 valence electrons. The second kappa shape index (κ2) is 6.25. The van der Waals surface area contributed by atoms with E-state index in [-0.39, 0.29) is 11.8 Å².